The Morgan fingerprint density at radius 2 is 1.28 bits per heavy atom. The minimum atomic E-state index is -6.00. The zero-order valence-electron chi connectivity index (χ0n) is 12.4. The summed E-state index contributed by atoms with van der Waals surface area (Å²) in [6, 6.07) is 0. The van der Waals surface area contributed by atoms with Crippen molar-refractivity contribution < 1.29 is 53.0 Å². The minimum Gasteiger partial charge on any atom is -0.371 e. The molecule has 0 radical (unpaired) electrons. The van der Waals surface area contributed by atoms with Crippen LogP contribution in [0.5, 0.6) is 0 Å². The maximum absolute atomic E-state index is 14.1. The lowest BCUT2D eigenvalue weighted by atomic mass is 10.0. The van der Waals surface area contributed by atoms with Crippen molar-refractivity contribution in [2.75, 3.05) is 26.3 Å². The van der Waals surface area contributed by atoms with E-state index in [1.54, 1.807) is 0 Å². The highest BCUT2D eigenvalue weighted by Gasteiger charge is 2.64. The Bertz CT molecular complexity index is 432. The smallest absolute Gasteiger partial charge is 0.371 e. The van der Waals surface area contributed by atoms with Gasteiger partial charge in [-0.25, -0.2) is 22.0 Å². The van der Waals surface area contributed by atoms with Gasteiger partial charge in [-0.1, -0.05) is 0 Å². The fraction of sp³-hybridized carbons (Fsp3) is 1.00. The zero-order chi connectivity index (χ0) is 19.7. The Balaban J connectivity index is 2.80. The minimum absolute atomic E-state index is 0.223. The number of hydrogen-bond acceptors (Lipinski definition) is 2. The molecule has 1 rings (SSSR count). The Hall–Kier alpha value is -0.850. The van der Waals surface area contributed by atoms with E-state index in [0.29, 0.717) is 4.90 Å². The van der Waals surface area contributed by atoms with Crippen molar-refractivity contribution in [2.45, 2.75) is 49.3 Å². The van der Waals surface area contributed by atoms with Crippen molar-refractivity contribution in [3.63, 3.8) is 0 Å². The molecule has 0 N–H and O–H groups in total. The van der Waals surface area contributed by atoms with Crippen molar-refractivity contribution in [2.24, 2.45) is 0 Å². The summed E-state index contributed by atoms with van der Waals surface area (Å²) >= 11 is 0. The Labute approximate surface area is 134 Å². The Morgan fingerprint density at radius 1 is 0.800 bits per heavy atom. The number of nitrogens with zero attached hydrogens (tertiary/aromatic N) is 1. The SMILES string of the molecule is FC(C(F)(F)F)C(F)(F)COCC(F)(C(F)N1CCCC1)C(F)(F)F. The van der Waals surface area contributed by atoms with Gasteiger partial charge in [-0.2, -0.15) is 26.3 Å². The Kier molecular flexibility index (Phi) is 6.58. The molecule has 3 unspecified atom stereocenters. The first-order valence-corrected chi connectivity index (χ1v) is 6.93. The van der Waals surface area contributed by atoms with Gasteiger partial charge in [-0.3, -0.25) is 4.90 Å². The van der Waals surface area contributed by atoms with Gasteiger partial charge in [0.05, 0.1) is 6.61 Å². The third-order valence-corrected chi connectivity index (χ3v) is 3.57. The van der Waals surface area contributed by atoms with Crippen LogP contribution in [0.3, 0.4) is 0 Å². The van der Waals surface area contributed by atoms with Crippen LogP contribution in [0.1, 0.15) is 12.8 Å². The molecule has 0 aromatic heterocycles. The highest BCUT2D eigenvalue weighted by atomic mass is 19.4. The van der Waals surface area contributed by atoms with E-state index < -0.39 is 49.6 Å². The number of hydrogen-bond donors (Lipinski definition) is 0. The summed E-state index contributed by atoms with van der Waals surface area (Å²) in [6.07, 6.45) is -19.3. The molecular formula is C12H14F11NO. The van der Waals surface area contributed by atoms with Crippen molar-refractivity contribution >= 4 is 0 Å². The van der Waals surface area contributed by atoms with E-state index in [1.807, 2.05) is 0 Å². The molecule has 1 heterocycles. The highest BCUT2D eigenvalue weighted by Crippen LogP contribution is 2.41. The predicted octanol–water partition coefficient (Wildman–Crippen LogP) is 4.20. The molecule has 1 aliphatic rings. The zero-order valence-corrected chi connectivity index (χ0v) is 12.4. The maximum Gasteiger partial charge on any atom is 0.429 e. The van der Waals surface area contributed by atoms with Crippen molar-refractivity contribution in [3.05, 3.63) is 0 Å². The maximum atomic E-state index is 14.1. The van der Waals surface area contributed by atoms with Crippen molar-refractivity contribution in [1.29, 1.82) is 0 Å². The van der Waals surface area contributed by atoms with E-state index in [-0.39, 0.29) is 25.9 Å². The first kappa shape index (κ1) is 22.2. The van der Waals surface area contributed by atoms with Crippen LogP contribution in [0.2, 0.25) is 0 Å². The largest absolute Gasteiger partial charge is 0.429 e. The van der Waals surface area contributed by atoms with Gasteiger partial charge in [0.1, 0.15) is 6.61 Å². The summed E-state index contributed by atoms with van der Waals surface area (Å²) in [5, 5.41) is 0. The van der Waals surface area contributed by atoms with Crippen molar-refractivity contribution in [1.82, 2.24) is 4.90 Å². The van der Waals surface area contributed by atoms with Crippen LogP contribution in [-0.4, -0.2) is 67.6 Å². The predicted molar refractivity (Wildman–Crippen MR) is 62.3 cm³/mol. The van der Waals surface area contributed by atoms with Crippen LogP contribution in [0.25, 0.3) is 0 Å². The molecule has 150 valence electrons. The molecule has 1 aliphatic heterocycles. The van der Waals surface area contributed by atoms with Gasteiger partial charge in [0.2, 0.25) is 0 Å². The number of likely N-dealkylation sites (tertiary alicyclic amines) is 1. The van der Waals surface area contributed by atoms with E-state index in [1.165, 1.54) is 0 Å². The Morgan fingerprint density at radius 3 is 1.68 bits per heavy atom. The molecule has 0 aliphatic carbocycles. The molecule has 13 heteroatoms. The molecular weight excluding hydrogens is 383 g/mol. The van der Waals surface area contributed by atoms with E-state index >= 15 is 0 Å². The number of ether oxygens (including phenoxy) is 1. The third-order valence-electron chi connectivity index (χ3n) is 3.57. The molecule has 0 aromatic rings. The van der Waals surface area contributed by atoms with Crippen LogP contribution in [0.4, 0.5) is 48.3 Å². The van der Waals surface area contributed by atoms with Gasteiger partial charge in [0.25, 0.3) is 11.8 Å². The molecule has 0 amide bonds. The summed E-state index contributed by atoms with van der Waals surface area (Å²) < 4.78 is 144. The van der Waals surface area contributed by atoms with E-state index in [2.05, 4.69) is 4.74 Å². The van der Waals surface area contributed by atoms with E-state index in [0.717, 1.165) is 0 Å². The molecule has 0 spiro atoms. The fourth-order valence-electron chi connectivity index (χ4n) is 2.19. The molecule has 25 heavy (non-hydrogen) atoms. The first-order valence-electron chi connectivity index (χ1n) is 6.93. The van der Waals surface area contributed by atoms with Crippen LogP contribution in [0.15, 0.2) is 0 Å². The standard InChI is InChI=1S/C12H14F11NO/c13-7(11(18,19)20)10(16,17)6-25-5-9(15,12(21,22)23)8(14)24-3-1-2-4-24/h7-8H,1-6H2. The lowest BCUT2D eigenvalue weighted by Crippen LogP contribution is -2.58. The summed E-state index contributed by atoms with van der Waals surface area (Å²) in [5.74, 6) is -5.26. The highest BCUT2D eigenvalue weighted by molar-refractivity contribution is 4.96. The molecule has 2 nitrogen and oxygen atoms in total. The van der Waals surface area contributed by atoms with Gasteiger partial charge in [0.15, 0.2) is 6.30 Å². The second-order valence-corrected chi connectivity index (χ2v) is 5.60. The summed E-state index contributed by atoms with van der Waals surface area (Å²) in [6.45, 7) is -5.28. The number of rotatable bonds is 7. The van der Waals surface area contributed by atoms with Gasteiger partial charge < -0.3 is 4.74 Å². The second kappa shape index (κ2) is 7.41. The van der Waals surface area contributed by atoms with Crippen LogP contribution >= 0.6 is 0 Å². The van der Waals surface area contributed by atoms with Gasteiger partial charge in [-0.15, -0.1) is 0 Å². The monoisotopic (exact) mass is 397 g/mol. The molecule has 0 saturated carbocycles. The van der Waals surface area contributed by atoms with Crippen LogP contribution < -0.4 is 0 Å². The molecule has 1 saturated heterocycles. The number of alkyl halides is 11. The van der Waals surface area contributed by atoms with Crippen LogP contribution in [0, 0.1) is 0 Å². The number of halogens is 11. The lowest BCUT2D eigenvalue weighted by Gasteiger charge is -2.35. The third kappa shape index (κ3) is 5.08. The quantitative estimate of drug-likeness (QED) is 0.472. The average molecular weight is 397 g/mol. The summed E-state index contributed by atoms with van der Waals surface area (Å²) in [7, 11) is 0. The van der Waals surface area contributed by atoms with Gasteiger partial charge in [0, 0.05) is 13.1 Å². The molecule has 0 bridgehead atoms. The normalized spacial score (nSPS) is 22.7. The van der Waals surface area contributed by atoms with Gasteiger partial charge >= 0.3 is 18.3 Å². The topological polar surface area (TPSA) is 12.5 Å². The summed E-state index contributed by atoms with van der Waals surface area (Å²) in [5.41, 5.74) is -4.75. The lowest BCUT2D eigenvalue weighted by molar-refractivity contribution is -0.293. The average Bonchev–Trinajstić information content (AvgIpc) is 2.97. The van der Waals surface area contributed by atoms with Crippen LogP contribution in [-0.2, 0) is 4.74 Å². The van der Waals surface area contributed by atoms with Crippen molar-refractivity contribution in [3.8, 4) is 0 Å². The second-order valence-electron chi connectivity index (χ2n) is 5.60. The van der Waals surface area contributed by atoms with Gasteiger partial charge in [-0.05, 0) is 12.8 Å². The van der Waals surface area contributed by atoms with E-state index in [4.69, 9.17) is 0 Å². The summed E-state index contributed by atoms with van der Waals surface area (Å²) in [4.78, 5) is 0.475. The molecule has 3 atom stereocenters. The first-order chi connectivity index (χ1) is 11.1. The van der Waals surface area contributed by atoms with E-state index in [9.17, 15) is 48.3 Å². The molecule has 0 aromatic carbocycles. The molecule has 1 fully saturated rings. The fourth-order valence-corrected chi connectivity index (χ4v) is 2.19.